The van der Waals surface area contributed by atoms with Crippen LogP contribution in [0.15, 0.2) is 143 Å². The van der Waals surface area contributed by atoms with Crippen molar-refractivity contribution in [2.75, 3.05) is 0 Å². The van der Waals surface area contributed by atoms with Crippen molar-refractivity contribution < 1.29 is 18.3 Å². The molecule has 320 valence electrons. The van der Waals surface area contributed by atoms with E-state index in [1.54, 1.807) is 24.5 Å². The summed E-state index contributed by atoms with van der Waals surface area (Å²) in [5.74, 6) is -0.145. The van der Waals surface area contributed by atoms with Gasteiger partial charge in [-0.15, -0.1) is 22.7 Å². The molecule has 6 aromatic heterocycles. The van der Waals surface area contributed by atoms with Crippen LogP contribution in [0.2, 0.25) is 0 Å². The molecule has 0 saturated heterocycles. The number of thiazole rings is 2. The fraction of sp³-hybridized carbons (Fsp3) is 0.0400. The van der Waals surface area contributed by atoms with Gasteiger partial charge >= 0.3 is 0 Å². The van der Waals surface area contributed by atoms with Gasteiger partial charge in [0.25, 0.3) is 11.1 Å². The maximum Gasteiger partial charge on any atom is 0.269 e. The van der Waals surface area contributed by atoms with Crippen LogP contribution in [0.3, 0.4) is 0 Å². The molecule has 0 fully saturated rings. The van der Waals surface area contributed by atoms with E-state index in [-0.39, 0.29) is 34.0 Å². The Kier molecular flexibility index (Phi) is 11.7. The maximum atomic E-state index is 13.4. The summed E-state index contributed by atoms with van der Waals surface area (Å²) in [4.78, 5) is 45.0. The smallest absolute Gasteiger partial charge is 0.269 e. The fourth-order valence-electron chi connectivity index (χ4n) is 6.76. The molecule has 0 spiro atoms. The van der Waals surface area contributed by atoms with Crippen molar-refractivity contribution in [3.05, 3.63) is 198 Å². The molecule has 12 nitrogen and oxygen atoms in total. The van der Waals surface area contributed by atoms with Crippen LogP contribution in [0.5, 0.6) is 23.3 Å². The van der Waals surface area contributed by atoms with E-state index in [9.17, 15) is 28.9 Å². The lowest BCUT2D eigenvalue weighted by Gasteiger charge is -2.11. The zero-order valence-corrected chi connectivity index (χ0v) is 36.3. The lowest BCUT2D eigenvalue weighted by molar-refractivity contribution is 0.459. The van der Waals surface area contributed by atoms with Crippen molar-refractivity contribution in [3.8, 4) is 35.4 Å². The first-order chi connectivity index (χ1) is 32.1. The van der Waals surface area contributed by atoms with Gasteiger partial charge in [0.1, 0.15) is 67.7 Å². The highest BCUT2D eigenvalue weighted by molar-refractivity contribution is 7.20. The Morgan fingerprint density at radius 2 is 0.955 bits per heavy atom. The van der Waals surface area contributed by atoms with Crippen molar-refractivity contribution in [1.29, 1.82) is 10.5 Å². The van der Waals surface area contributed by atoms with Gasteiger partial charge in [0.15, 0.2) is 0 Å². The predicted octanol–water partition coefficient (Wildman–Crippen LogP) is 11.2. The average molecular weight is 909 g/mol. The molecule has 6 heterocycles. The molecule has 10 rings (SSSR count). The van der Waals surface area contributed by atoms with Crippen LogP contribution in [-0.4, -0.2) is 28.7 Å². The molecular weight excluding hydrogens is 879 g/mol. The third kappa shape index (κ3) is 8.65. The predicted molar refractivity (Wildman–Crippen MR) is 252 cm³/mol. The number of hydrogen-bond acceptors (Lipinski definition) is 12. The topological polar surface area (TPSA) is 161 Å². The van der Waals surface area contributed by atoms with Crippen LogP contribution in [0.1, 0.15) is 32.3 Å². The van der Waals surface area contributed by atoms with E-state index >= 15 is 0 Å². The first-order valence-electron chi connectivity index (χ1n) is 19.9. The number of rotatable bonds is 8. The maximum absolute atomic E-state index is 13.4. The molecule has 0 amide bonds. The fourth-order valence-corrected chi connectivity index (χ4v) is 8.63. The van der Waals surface area contributed by atoms with Gasteiger partial charge in [-0.25, -0.2) is 18.7 Å². The lowest BCUT2D eigenvalue weighted by Crippen LogP contribution is -2.19. The van der Waals surface area contributed by atoms with Crippen molar-refractivity contribution in [3.63, 3.8) is 0 Å². The minimum absolute atomic E-state index is 0.0229. The molecule has 66 heavy (non-hydrogen) atoms. The monoisotopic (exact) mass is 908 g/mol. The number of allylic oxidation sites excluding steroid dienone is 2. The Balaban J connectivity index is 0.000000166. The van der Waals surface area contributed by atoms with Crippen LogP contribution >= 0.6 is 22.7 Å². The molecule has 0 N–H and O–H groups in total. The number of halogens is 2. The highest BCUT2D eigenvalue weighted by Crippen LogP contribution is 2.32. The third-order valence-electron chi connectivity index (χ3n) is 10.0. The van der Waals surface area contributed by atoms with Crippen LogP contribution in [0, 0.1) is 48.1 Å². The van der Waals surface area contributed by atoms with Crippen molar-refractivity contribution >= 4 is 77.7 Å². The van der Waals surface area contributed by atoms with Crippen molar-refractivity contribution in [1.82, 2.24) is 28.7 Å². The van der Waals surface area contributed by atoms with E-state index in [1.165, 1.54) is 92.2 Å². The molecule has 0 saturated carbocycles. The van der Waals surface area contributed by atoms with Gasteiger partial charge in [-0.1, -0.05) is 36.4 Å². The Bertz CT molecular complexity index is 3470. The first-order valence-corrected chi connectivity index (χ1v) is 21.6. The van der Waals surface area contributed by atoms with E-state index in [0.717, 1.165) is 31.6 Å². The van der Waals surface area contributed by atoms with Gasteiger partial charge in [0, 0.05) is 12.4 Å². The second kappa shape index (κ2) is 18.2. The summed E-state index contributed by atoms with van der Waals surface area (Å²) in [6, 6.07) is 37.4. The summed E-state index contributed by atoms with van der Waals surface area (Å²) >= 11 is 2.72. The summed E-state index contributed by atoms with van der Waals surface area (Å²) in [5, 5.41) is 20.7. The zero-order valence-electron chi connectivity index (χ0n) is 34.6. The molecule has 0 bridgehead atoms. The second-order valence-electron chi connectivity index (χ2n) is 14.5. The number of para-hydroxylation sites is 2. The largest absolute Gasteiger partial charge is 0.438 e. The zero-order chi connectivity index (χ0) is 45.9. The highest BCUT2D eigenvalue weighted by atomic mass is 32.1. The number of pyridine rings is 2. The van der Waals surface area contributed by atoms with E-state index < -0.39 is 22.8 Å². The van der Waals surface area contributed by atoms with Crippen LogP contribution in [0.25, 0.3) is 55.0 Å². The average Bonchev–Trinajstić information content (AvgIpc) is 3.96. The van der Waals surface area contributed by atoms with Gasteiger partial charge in [0.05, 0.1) is 31.6 Å². The normalized spacial score (nSPS) is 11.6. The van der Waals surface area contributed by atoms with Gasteiger partial charge in [-0.3, -0.25) is 18.4 Å². The van der Waals surface area contributed by atoms with Crippen LogP contribution in [0.4, 0.5) is 8.78 Å². The summed E-state index contributed by atoms with van der Waals surface area (Å²) in [6.45, 7) is 3.67. The Hall–Kier alpha value is -8.70. The van der Waals surface area contributed by atoms with Gasteiger partial charge < -0.3 is 9.47 Å². The Morgan fingerprint density at radius 3 is 1.33 bits per heavy atom. The molecule has 0 unspecified atom stereocenters. The number of nitriles is 2. The van der Waals surface area contributed by atoms with Gasteiger partial charge in [-0.05, 0) is 122 Å². The first kappa shape index (κ1) is 42.6. The highest BCUT2D eigenvalue weighted by Gasteiger charge is 2.20. The van der Waals surface area contributed by atoms with Gasteiger partial charge in [-0.2, -0.15) is 20.5 Å². The number of aromatic nitrogens is 6. The lowest BCUT2D eigenvalue weighted by atomic mass is 10.2. The number of nitrogens with zero attached hydrogens (tertiary/aromatic N) is 8. The minimum atomic E-state index is -0.410. The second-order valence-corrected chi connectivity index (χ2v) is 16.5. The number of ether oxygens (including phenoxy) is 2. The van der Waals surface area contributed by atoms with Crippen LogP contribution < -0.4 is 20.6 Å². The van der Waals surface area contributed by atoms with Crippen LogP contribution in [-0.2, 0) is 0 Å². The summed E-state index contributed by atoms with van der Waals surface area (Å²) in [5.41, 5.74) is 3.78. The molecule has 0 aliphatic carbocycles. The molecule has 16 heteroatoms. The number of benzene rings is 4. The number of hydrogen-bond donors (Lipinski definition) is 0. The standard InChI is InChI=1S/2C25H15FN4O2S/c2*1-15-5-4-12-30-22(15)29-23(32-18-10-8-17(26)9-11-18)19(25(30)31)13-16(14-27)24-28-20-6-2-3-7-21(20)33-24/h2*2-13H,1H3/b2*16-13+. The molecule has 0 aliphatic heterocycles. The SMILES string of the molecule is Cc1cccn2c(=O)c(/C=C(\C#N)c3nc4ccccc4s3)c(Oc3ccc(F)cc3)nc12.Cc1cccn2c(=O)c(/C=C(\C#N)c3nc4ccccc4s3)c(Oc3ccc(F)cc3)nc12. The quantitative estimate of drug-likeness (QED) is 0.134. The van der Waals surface area contributed by atoms with Gasteiger partial charge in [0.2, 0.25) is 11.8 Å². The van der Waals surface area contributed by atoms with E-state index in [0.29, 0.717) is 32.8 Å². The van der Waals surface area contributed by atoms with E-state index in [4.69, 9.17) is 9.47 Å². The molecule has 0 atom stereocenters. The summed E-state index contributed by atoms with van der Waals surface area (Å²) < 4.78 is 43.1. The number of aryl methyl sites for hydroxylation is 2. The summed E-state index contributed by atoms with van der Waals surface area (Å²) in [7, 11) is 0. The summed E-state index contributed by atoms with van der Waals surface area (Å²) in [6.07, 6.45) is 6.11. The number of fused-ring (bicyclic) bond motifs is 4. The molecule has 10 aromatic rings. The van der Waals surface area contributed by atoms with Crippen molar-refractivity contribution in [2.24, 2.45) is 0 Å². The molecule has 4 aromatic carbocycles. The minimum Gasteiger partial charge on any atom is -0.438 e. The van der Waals surface area contributed by atoms with E-state index in [1.807, 2.05) is 74.5 Å². The molecular formula is C50H30F2N8O4S2. The third-order valence-corrected chi connectivity index (χ3v) is 12.2. The van der Waals surface area contributed by atoms with E-state index in [2.05, 4.69) is 32.1 Å². The molecule has 0 radical (unpaired) electrons. The van der Waals surface area contributed by atoms with Crippen molar-refractivity contribution in [2.45, 2.75) is 13.8 Å². The Morgan fingerprint density at radius 1 is 0.561 bits per heavy atom. The Labute approximate surface area is 381 Å². The molecule has 0 aliphatic rings.